The predicted molar refractivity (Wildman–Crippen MR) is 155 cm³/mol. The normalized spacial score (nSPS) is 17.4. The van der Waals surface area contributed by atoms with Gasteiger partial charge in [-0.1, -0.05) is 78.4 Å². The van der Waals surface area contributed by atoms with E-state index in [0.29, 0.717) is 19.6 Å². The van der Waals surface area contributed by atoms with Crippen molar-refractivity contribution >= 4 is 16.0 Å². The lowest BCUT2D eigenvalue weighted by Crippen LogP contribution is -2.47. The molecule has 1 amide bonds. The van der Waals surface area contributed by atoms with E-state index in [1.54, 1.807) is 35.9 Å². The van der Waals surface area contributed by atoms with Crippen molar-refractivity contribution < 1.29 is 26.7 Å². The molecule has 2 atom stereocenters. The van der Waals surface area contributed by atoms with Crippen LogP contribution in [0.3, 0.4) is 0 Å². The van der Waals surface area contributed by atoms with Crippen LogP contribution in [0.2, 0.25) is 0 Å². The van der Waals surface area contributed by atoms with Crippen LogP contribution in [0, 0.1) is 12.8 Å². The number of benzene rings is 3. The van der Waals surface area contributed by atoms with Crippen molar-refractivity contribution in [2.45, 2.75) is 49.1 Å². The Balaban J connectivity index is 1.53. The molecule has 1 aromatic heterocycles. The number of aromatic nitrogens is 2. The Morgan fingerprint density at radius 2 is 1.59 bits per heavy atom. The van der Waals surface area contributed by atoms with Gasteiger partial charge in [0.05, 0.1) is 6.61 Å². The summed E-state index contributed by atoms with van der Waals surface area (Å²) in [6.07, 6.45) is 5.70. The average molecular weight is 575 g/mol. The number of rotatable bonds is 11. The topological polar surface area (TPSA) is 104 Å². The number of carbonyl (C=O) groups is 1. The second-order valence-electron chi connectivity index (χ2n) is 10.6. The number of hydrogen-bond acceptors (Lipinski definition) is 5. The number of primary amides is 1. The minimum absolute atomic E-state index is 0.0827. The zero-order valence-corrected chi connectivity index (χ0v) is 24.2. The Bertz CT molecular complexity index is 1550. The summed E-state index contributed by atoms with van der Waals surface area (Å²) >= 11 is 0. The fourth-order valence-corrected chi connectivity index (χ4v) is 7.08. The Labute approximate surface area is 241 Å². The lowest BCUT2D eigenvalue weighted by atomic mass is 9.64. The third kappa shape index (κ3) is 5.52. The standard InChI is InChI=1S/C32H35N3O5S/c1-24-13-17-29(18-14-24)41(37,38)40-31-34(21-22-39-2)19-20-35(31)28-16-15-27(23-28)32(30(33)36,25-9-5-3-6-10-25)26-11-7-4-8-12-26/h3-14,17-20,27-28H,15-16,21-23H2,1-2H3,(H-,33,36)/p+1. The van der Waals surface area contributed by atoms with E-state index in [9.17, 15) is 13.2 Å². The van der Waals surface area contributed by atoms with Gasteiger partial charge < -0.3 is 14.7 Å². The SMILES string of the molecule is COCC[n+]1ccn(C2CCC(C(C(N)=O)(c3ccccc3)c3ccccc3)C2)c1OS(=O)(=O)c1ccc(C)cc1. The van der Waals surface area contributed by atoms with E-state index < -0.39 is 21.4 Å². The van der Waals surface area contributed by atoms with E-state index in [2.05, 4.69) is 0 Å². The van der Waals surface area contributed by atoms with Crippen LogP contribution in [-0.4, -0.2) is 32.6 Å². The molecular weight excluding hydrogens is 538 g/mol. The number of methoxy groups -OCH3 is 1. The van der Waals surface area contributed by atoms with Crippen molar-refractivity contribution in [3.8, 4) is 6.01 Å². The van der Waals surface area contributed by atoms with Crippen LogP contribution in [-0.2, 0) is 31.6 Å². The van der Waals surface area contributed by atoms with Crippen molar-refractivity contribution in [1.29, 1.82) is 0 Å². The smallest absolute Gasteiger partial charge is 0.381 e. The van der Waals surface area contributed by atoms with Crippen molar-refractivity contribution in [2.24, 2.45) is 11.7 Å². The van der Waals surface area contributed by atoms with Gasteiger partial charge in [0.1, 0.15) is 35.3 Å². The monoisotopic (exact) mass is 574 g/mol. The van der Waals surface area contributed by atoms with Gasteiger partial charge in [-0.2, -0.15) is 17.6 Å². The fourth-order valence-electron chi connectivity index (χ4n) is 6.14. The molecule has 9 heteroatoms. The number of carbonyl (C=O) groups excluding carboxylic acids is 1. The van der Waals surface area contributed by atoms with Gasteiger partial charge in [-0.05, 0) is 55.4 Å². The maximum Gasteiger partial charge on any atom is 0.472 e. The van der Waals surface area contributed by atoms with Gasteiger partial charge in [-0.15, -0.1) is 0 Å². The Morgan fingerprint density at radius 3 is 2.15 bits per heavy atom. The zero-order valence-electron chi connectivity index (χ0n) is 23.3. The molecule has 1 aliphatic rings. The van der Waals surface area contributed by atoms with E-state index in [1.807, 2.05) is 84.5 Å². The molecule has 8 nitrogen and oxygen atoms in total. The van der Waals surface area contributed by atoms with Gasteiger partial charge >= 0.3 is 16.1 Å². The highest BCUT2D eigenvalue weighted by Gasteiger charge is 2.51. The molecule has 4 aromatic rings. The van der Waals surface area contributed by atoms with Crippen LogP contribution in [0.25, 0.3) is 0 Å². The highest BCUT2D eigenvalue weighted by Crippen LogP contribution is 2.50. The molecule has 214 valence electrons. The molecule has 1 aliphatic carbocycles. The van der Waals surface area contributed by atoms with E-state index >= 15 is 0 Å². The molecular formula is C32H36N3O5S+. The molecule has 5 rings (SSSR count). The van der Waals surface area contributed by atoms with Crippen LogP contribution in [0.15, 0.2) is 102 Å². The van der Waals surface area contributed by atoms with Crippen LogP contribution in [0.1, 0.15) is 42.0 Å². The van der Waals surface area contributed by atoms with Crippen LogP contribution in [0.5, 0.6) is 6.01 Å². The summed E-state index contributed by atoms with van der Waals surface area (Å²) in [5, 5.41) is 0. The maximum absolute atomic E-state index is 13.5. The summed E-state index contributed by atoms with van der Waals surface area (Å²) in [4.78, 5) is 13.6. The third-order valence-electron chi connectivity index (χ3n) is 8.16. The lowest BCUT2D eigenvalue weighted by molar-refractivity contribution is -0.700. The molecule has 3 aromatic carbocycles. The third-order valence-corrected chi connectivity index (χ3v) is 9.38. The molecule has 41 heavy (non-hydrogen) atoms. The molecule has 0 spiro atoms. The van der Waals surface area contributed by atoms with Crippen molar-refractivity contribution in [3.05, 3.63) is 114 Å². The first-order valence-corrected chi connectivity index (χ1v) is 15.2. The first kappa shape index (κ1) is 28.6. The second kappa shape index (κ2) is 11.9. The number of hydrogen-bond donors (Lipinski definition) is 1. The summed E-state index contributed by atoms with van der Waals surface area (Å²) in [6, 6.07) is 26.1. The molecule has 1 saturated carbocycles. The molecule has 0 aliphatic heterocycles. The lowest BCUT2D eigenvalue weighted by Gasteiger charge is -2.37. The quantitative estimate of drug-likeness (QED) is 0.212. The number of amides is 1. The summed E-state index contributed by atoms with van der Waals surface area (Å²) in [5.74, 6) is -0.521. The van der Waals surface area contributed by atoms with Gasteiger partial charge in [-0.3, -0.25) is 4.79 Å². The molecule has 0 bridgehead atoms. The van der Waals surface area contributed by atoms with Crippen molar-refractivity contribution in [1.82, 2.24) is 4.57 Å². The van der Waals surface area contributed by atoms with Gasteiger partial charge in [0, 0.05) is 7.11 Å². The highest BCUT2D eigenvalue weighted by molar-refractivity contribution is 7.87. The Kier molecular flexibility index (Phi) is 8.28. The van der Waals surface area contributed by atoms with Crippen molar-refractivity contribution in [3.63, 3.8) is 0 Å². The predicted octanol–water partition coefficient (Wildman–Crippen LogP) is 4.31. The first-order valence-electron chi connectivity index (χ1n) is 13.8. The summed E-state index contributed by atoms with van der Waals surface area (Å²) < 4.78 is 41.4. The highest BCUT2D eigenvalue weighted by atomic mass is 32.2. The Hall–Kier alpha value is -3.95. The number of nitrogens with two attached hydrogens (primary N) is 1. The van der Waals surface area contributed by atoms with Gasteiger partial charge in [0.15, 0.2) is 0 Å². The maximum atomic E-state index is 13.5. The Morgan fingerprint density at radius 1 is 0.976 bits per heavy atom. The van der Waals surface area contributed by atoms with Gasteiger partial charge in [0.2, 0.25) is 5.91 Å². The zero-order chi connectivity index (χ0) is 29.0. The van der Waals surface area contributed by atoms with Crippen molar-refractivity contribution in [2.75, 3.05) is 13.7 Å². The molecule has 1 heterocycles. The summed E-state index contributed by atoms with van der Waals surface area (Å²) in [7, 11) is -2.50. The molecule has 1 fully saturated rings. The van der Waals surface area contributed by atoms with E-state index in [4.69, 9.17) is 14.7 Å². The number of nitrogens with zero attached hydrogens (tertiary/aromatic N) is 2. The van der Waals surface area contributed by atoms with Crippen LogP contribution in [0.4, 0.5) is 0 Å². The number of imidazole rings is 1. The van der Waals surface area contributed by atoms with Crippen LogP contribution >= 0.6 is 0 Å². The average Bonchev–Trinajstić information content (AvgIpc) is 3.61. The van der Waals surface area contributed by atoms with E-state index in [-0.39, 0.29) is 22.9 Å². The largest absolute Gasteiger partial charge is 0.472 e. The molecule has 0 radical (unpaired) electrons. The van der Waals surface area contributed by atoms with Gasteiger partial charge in [-0.25, -0.2) is 0 Å². The molecule has 0 saturated heterocycles. The number of ether oxygens (including phenoxy) is 1. The number of aryl methyl sites for hydroxylation is 1. The fraction of sp³-hybridized carbons (Fsp3) is 0.312. The molecule has 2 N–H and O–H groups in total. The minimum Gasteiger partial charge on any atom is -0.381 e. The second-order valence-corrected chi connectivity index (χ2v) is 12.1. The first-order chi connectivity index (χ1) is 19.8. The van der Waals surface area contributed by atoms with Gasteiger partial charge in [0.25, 0.3) is 0 Å². The summed E-state index contributed by atoms with van der Waals surface area (Å²) in [5.41, 5.74) is 7.90. The summed E-state index contributed by atoms with van der Waals surface area (Å²) in [6.45, 7) is 2.70. The minimum atomic E-state index is -4.10. The van der Waals surface area contributed by atoms with E-state index in [0.717, 1.165) is 29.5 Å². The molecule has 2 unspecified atom stereocenters. The van der Waals surface area contributed by atoms with E-state index in [1.165, 1.54) is 0 Å². The van der Waals surface area contributed by atoms with Crippen LogP contribution < -0.4 is 14.5 Å².